The average Bonchev–Trinajstić information content (AvgIpc) is 2.73. The Bertz CT molecular complexity index is 208. The highest BCUT2D eigenvalue weighted by molar-refractivity contribution is 5.08. The summed E-state index contributed by atoms with van der Waals surface area (Å²) in [7, 11) is 0. The molecule has 17 heavy (non-hydrogen) atoms. The molecule has 0 aromatic carbocycles. The molecule has 0 bridgehead atoms. The van der Waals surface area contributed by atoms with E-state index < -0.39 is 0 Å². The van der Waals surface area contributed by atoms with E-state index in [1.807, 2.05) is 0 Å². The Balaban J connectivity index is 1.80. The molecule has 0 saturated carbocycles. The number of nitrogens with one attached hydrogen (secondary N) is 1. The molecule has 0 radical (unpaired) electrons. The molecule has 1 heteroatoms. The molecule has 1 rings (SSSR count). The fourth-order valence-electron chi connectivity index (χ4n) is 2.55. The number of hydrogen-bond donors (Lipinski definition) is 1. The third-order valence-corrected chi connectivity index (χ3v) is 3.69. The van der Waals surface area contributed by atoms with Crippen LogP contribution in [0.5, 0.6) is 0 Å². The van der Waals surface area contributed by atoms with E-state index in [-0.39, 0.29) is 0 Å². The third kappa shape index (κ3) is 7.46. The summed E-state index contributed by atoms with van der Waals surface area (Å²) in [5.74, 6) is 0.753. The van der Waals surface area contributed by atoms with Gasteiger partial charge < -0.3 is 5.32 Å². The van der Waals surface area contributed by atoms with Crippen molar-refractivity contribution in [1.82, 2.24) is 5.32 Å². The Morgan fingerprint density at radius 2 is 1.59 bits per heavy atom. The molecule has 100 valence electrons. The van der Waals surface area contributed by atoms with Crippen LogP contribution >= 0.6 is 0 Å². The van der Waals surface area contributed by atoms with Gasteiger partial charge in [0.1, 0.15) is 0 Å². The molecule has 0 saturated heterocycles. The molecule has 0 spiro atoms. The van der Waals surface area contributed by atoms with E-state index >= 15 is 0 Å². The van der Waals surface area contributed by atoms with Crippen LogP contribution in [-0.2, 0) is 0 Å². The van der Waals surface area contributed by atoms with E-state index in [9.17, 15) is 0 Å². The topological polar surface area (TPSA) is 12.0 Å². The largest absolute Gasteiger partial charge is 0.388 e. The minimum Gasteiger partial charge on any atom is -0.388 e. The highest BCUT2D eigenvalue weighted by atomic mass is 14.9. The van der Waals surface area contributed by atoms with Crippen molar-refractivity contribution in [2.24, 2.45) is 5.92 Å². The molecule has 1 aliphatic heterocycles. The molecule has 0 aromatic heterocycles. The summed E-state index contributed by atoms with van der Waals surface area (Å²) in [6.45, 7) is 5.73. The summed E-state index contributed by atoms with van der Waals surface area (Å²) >= 11 is 0. The predicted octanol–water partition coefficient (Wildman–Crippen LogP) is 5.03. The van der Waals surface area contributed by atoms with E-state index in [0.29, 0.717) is 0 Å². The van der Waals surface area contributed by atoms with Crippen molar-refractivity contribution in [3.63, 3.8) is 0 Å². The molecule has 0 aliphatic carbocycles. The SMILES string of the molecule is CCCCCCCCCCCC1=CC(C)CN1. The van der Waals surface area contributed by atoms with Gasteiger partial charge in [0.05, 0.1) is 0 Å². The van der Waals surface area contributed by atoms with E-state index in [1.165, 1.54) is 69.9 Å². The van der Waals surface area contributed by atoms with Crippen LogP contribution in [0.1, 0.15) is 78.1 Å². The number of allylic oxidation sites excluding steroid dienone is 1. The van der Waals surface area contributed by atoms with Crippen LogP contribution in [0.15, 0.2) is 11.8 Å². The Morgan fingerprint density at radius 3 is 2.12 bits per heavy atom. The van der Waals surface area contributed by atoms with Crippen molar-refractivity contribution in [3.8, 4) is 0 Å². The second kappa shape index (κ2) is 9.56. The van der Waals surface area contributed by atoms with Gasteiger partial charge in [0.25, 0.3) is 0 Å². The lowest BCUT2D eigenvalue weighted by Crippen LogP contribution is -2.10. The first-order valence-electron chi connectivity index (χ1n) is 7.77. The maximum Gasteiger partial charge on any atom is 0.0204 e. The molecule has 0 fully saturated rings. The normalized spacial score (nSPS) is 19.2. The molecular formula is C16H31N. The van der Waals surface area contributed by atoms with Gasteiger partial charge in [0.2, 0.25) is 0 Å². The lowest BCUT2D eigenvalue weighted by molar-refractivity contribution is 0.561. The van der Waals surface area contributed by atoms with Gasteiger partial charge in [-0.1, -0.05) is 71.3 Å². The molecule has 0 amide bonds. The molecule has 1 nitrogen and oxygen atoms in total. The van der Waals surface area contributed by atoms with Crippen LogP contribution in [-0.4, -0.2) is 6.54 Å². The van der Waals surface area contributed by atoms with Gasteiger partial charge in [0.15, 0.2) is 0 Å². The summed E-state index contributed by atoms with van der Waals surface area (Å²) in [4.78, 5) is 0. The first-order chi connectivity index (χ1) is 8.33. The predicted molar refractivity (Wildman–Crippen MR) is 77.1 cm³/mol. The van der Waals surface area contributed by atoms with Crippen molar-refractivity contribution in [3.05, 3.63) is 11.8 Å². The van der Waals surface area contributed by atoms with E-state index in [4.69, 9.17) is 0 Å². The molecule has 1 heterocycles. The molecule has 0 aromatic rings. The molecular weight excluding hydrogens is 206 g/mol. The Morgan fingerprint density at radius 1 is 1.00 bits per heavy atom. The Hall–Kier alpha value is -0.460. The van der Waals surface area contributed by atoms with Crippen molar-refractivity contribution in [2.45, 2.75) is 78.1 Å². The summed E-state index contributed by atoms with van der Waals surface area (Å²) < 4.78 is 0. The van der Waals surface area contributed by atoms with Crippen LogP contribution in [0.25, 0.3) is 0 Å². The van der Waals surface area contributed by atoms with Gasteiger partial charge in [-0.05, 0) is 18.8 Å². The minimum atomic E-state index is 0.753. The van der Waals surface area contributed by atoms with Gasteiger partial charge >= 0.3 is 0 Å². The first kappa shape index (κ1) is 14.6. The van der Waals surface area contributed by atoms with Crippen LogP contribution in [0.4, 0.5) is 0 Å². The van der Waals surface area contributed by atoms with Crippen molar-refractivity contribution >= 4 is 0 Å². The molecule has 1 unspecified atom stereocenters. The zero-order valence-corrected chi connectivity index (χ0v) is 11.9. The third-order valence-electron chi connectivity index (χ3n) is 3.69. The highest BCUT2D eigenvalue weighted by Crippen LogP contribution is 2.16. The van der Waals surface area contributed by atoms with Gasteiger partial charge in [0, 0.05) is 12.2 Å². The first-order valence-corrected chi connectivity index (χ1v) is 7.77. The zero-order chi connectivity index (χ0) is 12.3. The van der Waals surface area contributed by atoms with E-state index in [2.05, 4.69) is 25.2 Å². The maximum atomic E-state index is 3.49. The van der Waals surface area contributed by atoms with Gasteiger partial charge in [-0.3, -0.25) is 0 Å². The number of hydrogen-bond acceptors (Lipinski definition) is 1. The standard InChI is InChI=1S/C16H31N/c1-3-4-5-6-7-8-9-10-11-12-16-13-15(2)14-17-16/h13,15,17H,3-12,14H2,1-2H3. The number of rotatable bonds is 10. The lowest BCUT2D eigenvalue weighted by Gasteiger charge is -2.04. The summed E-state index contributed by atoms with van der Waals surface area (Å²) in [5.41, 5.74) is 1.50. The Labute approximate surface area is 108 Å². The van der Waals surface area contributed by atoms with Crippen LogP contribution in [0.2, 0.25) is 0 Å². The molecule has 1 atom stereocenters. The smallest absolute Gasteiger partial charge is 0.0204 e. The summed E-state index contributed by atoms with van der Waals surface area (Å²) in [6, 6.07) is 0. The highest BCUT2D eigenvalue weighted by Gasteiger charge is 2.08. The molecule has 1 N–H and O–H groups in total. The monoisotopic (exact) mass is 237 g/mol. The Kier molecular flexibility index (Phi) is 8.21. The van der Waals surface area contributed by atoms with Crippen LogP contribution in [0, 0.1) is 5.92 Å². The van der Waals surface area contributed by atoms with Gasteiger partial charge in [-0.25, -0.2) is 0 Å². The minimum absolute atomic E-state index is 0.753. The quantitative estimate of drug-likeness (QED) is 0.525. The second-order valence-electron chi connectivity index (χ2n) is 5.63. The van der Waals surface area contributed by atoms with Crippen molar-refractivity contribution < 1.29 is 0 Å². The van der Waals surface area contributed by atoms with Gasteiger partial charge in [-0.15, -0.1) is 0 Å². The lowest BCUT2D eigenvalue weighted by atomic mass is 10.1. The zero-order valence-electron chi connectivity index (χ0n) is 11.9. The summed E-state index contributed by atoms with van der Waals surface area (Å²) in [6.07, 6.45) is 16.5. The van der Waals surface area contributed by atoms with E-state index in [0.717, 1.165) is 12.5 Å². The summed E-state index contributed by atoms with van der Waals surface area (Å²) in [5, 5.41) is 3.49. The second-order valence-corrected chi connectivity index (χ2v) is 5.63. The fourth-order valence-corrected chi connectivity index (χ4v) is 2.55. The fraction of sp³-hybridized carbons (Fsp3) is 0.875. The average molecular weight is 237 g/mol. The van der Waals surface area contributed by atoms with Crippen molar-refractivity contribution in [2.75, 3.05) is 6.54 Å². The van der Waals surface area contributed by atoms with Crippen molar-refractivity contribution in [1.29, 1.82) is 0 Å². The van der Waals surface area contributed by atoms with Crippen LogP contribution < -0.4 is 5.32 Å². The van der Waals surface area contributed by atoms with E-state index in [1.54, 1.807) is 0 Å². The van der Waals surface area contributed by atoms with Gasteiger partial charge in [-0.2, -0.15) is 0 Å². The van der Waals surface area contributed by atoms with Crippen LogP contribution in [0.3, 0.4) is 0 Å². The number of unbranched alkanes of at least 4 members (excludes halogenated alkanes) is 8. The maximum absolute atomic E-state index is 3.49. The molecule has 1 aliphatic rings.